The quantitative estimate of drug-likeness (QED) is 0.415. The van der Waals surface area contributed by atoms with Crippen LogP contribution in [0.15, 0.2) is 41.1 Å². The fraction of sp³-hybridized carbons (Fsp3) is 0.375. The van der Waals surface area contributed by atoms with Crippen LogP contribution in [0.5, 0.6) is 5.88 Å². The summed E-state index contributed by atoms with van der Waals surface area (Å²) < 4.78 is 10.7. The number of rotatable bonds is 7. The first-order valence-electron chi connectivity index (χ1n) is 11.3. The van der Waals surface area contributed by atoms with Gasteiger partial charge in [0.05, 0.1) is 49.2 Å². The second-order valence-corrected chi connectivity index (χ2v) is 8.39. The molecule has 0 bridgehead atoms. The van der Waals surface area contributed by atoms with E-state index >= 15 is 0 Å². The Morgan fingerprint density at radius 1 is 1.24 bits per heavy atom. The highest BCUT2D eigenvalue weighted by Crippen LogP contribution is 2.32. The van der Waals surface area contributed by atoms with Gasteiger partial charge >= 0.3 is 0 Å². The number of hydrogen-bond donors (Lipinski definition) is 1. The van der Waals surface area contributed by atoms with E-state index in [0.717, 1.165) is 60.3 Å². The zero-order valence-electron chi connectivity index (χ0n) is 19.3. The molecule has 1 atom stereocenters. The maximum Gasteiger partial charge on any atom is 0.223 e. The Morgan fingerprint density at radius 3 is 2.91 bits per heavy atom. The largest absolute Gasteiger partial charge is 0.480 e. The van der Waals surface area contributed by atoms with Crippen LogP contribution < -0.4 is 4.74 Å². The van der Waals surface area contributed by atoms with Crippen molar-refractivity contribution >= 4 is 17.2 Å². The molecule has 1 fully saturated rings. The van der Waals surface area contributed by atoms with Gasteiger partial charge < -0.3 is 19.0 Å². The summed E-state index contributed by atoms with van der Waals surface area (Å²) in [6.45, 7) is 5.10. The Bertz CT molecular complexity index is 1280. The molecular weight excluding hydrogens is 434 g/mol. The SMILES string of the molecule is COc1nc2ccccc2cc1-c1cnc(C2CCN(Cc3noc(C)n3)CCN2CC=O)[nH]1. The number of imidazole rings is 1. The van der Waals surface area contributed by atoms with Crippen molar-refractivity contribution in [1.82, 2.24) is 34.9 Å². The summed E-state index contributed by atoms with van der Waals surface area (Å²) in [6.07, 6.45) is 3.57. The second kappa shape index (κ2) is 9.70. The number of aromatic nitrogens is 5. The molecule has 0 aliphatic carbocycles. The normalized spacial score (nSPS) is 17.6. The van der Waals surface area contributed by atoms with Crippen molar-refractivity contribution in [3.63, 3.8) is 0 Å². The number of methoxy groups -OCH3 is 1. The van der Waals surface area contributed by atoms with Crippen LogP contribution in [0.2, 0.25) is 0 Å². The van der Waals surface area contributed by atoms with Crippen molar-refractivity contribution in [2.24, 2.45) is 0 Å². The molecule has 5 rings (SSSR count). The maximum atomic E-state index is 11.4. The monoisotopic (exact) mass is 461 g/mol. The fourth-order valence-corrected chi connectivity index (χ4v) is 4.50. The summed E-state index contributed by atoms with van der Waals surface area (Å²) >= 11 is 0. The Kier molecular flexibility index (Phi) is 6.33. The number of aryl methyl sites for hydroxylation is 1. The van der Waals surface area contributed by atoms with Crippen molar-refractivity contribution in [2.75, 3.05) is 33.3 Å². The minimum Gasteiger partial charge on any atom is -0.480 e. The number of hydrogen-bond acceptors (Lipinski definition) is 9. The molecule has 0 amide bonds. The summed E-state index contributed by atoms with van der Waals surface area (Å²) in [6, 6.07) is 9.98. The average Bonchev–Trinajstić information content (AvgIpc) is 3.45. The lowest BCUT2D eigenvalue weighted by atomic mass is 10.1. The predicted molar refractivity (Wildman–Crippen MR) is 125 cm³/mol. The Hall–Kier alpha value is -3.63. The first-order valence-corrected chi connectivity index (χ1v) is 11.3. The van der Waals surface area contributed by atoms with Gasteiger partial charge in [-0.15, -0.1) is 0 Å². The molecule has 3 aromatic heterocycles. The molecule has 1 N–H and O–H groups in total. The molecule has 1 aliphatic rings. The zero-order valence-corrected chi connectivity index (χ0v) is 19.3. The number of benzene rings is 1. The van der Waals surface area contributed by atoms with Crippen LogP contribution in [0.1, 0.15) is 30.0 Å². The van der Waals surface area contributed by atoms with E-state index < -0.39 is 0 Å². The third kappa shape index (κ3) is 4.55. The standard InChI is InChI=1S/C24H27N7O3/c1-16-26-22(29-34-16)15-30-8-7-21(31(10-9-30)11-12-32)23-25-14-20(27-23)18-13-17-5-3-4-6-19(17)28-24(18)33-2/h3-6,12-14,21H,7-11,15H2,1-2H3,(H,25,27). The lowest BCUT2D eigenvalue weighted by molar-refractivity contribution is -0.109. The van der Waals surface area contributed by atoms with Crippen LogP contribution >= 0.6 is 0 Å². The number of aldehydes is 1. The van der Waals surface area contributed by atoms with E-state index in [4.69, 9.17) is 14.2 Å². The molecule has 176 valence electrons. The van der Waals surface area contributed by atoms with Crippen molar-refractivity contribution < 1.29 is 14.1 Å². The van der Waals surface area contributed by atoms with E-state index in [1.165, 1.54) is 0 Å². The number of ether oxygens (including phenoxy) is 1. The Morgan fingerprint density at radius 2 is 2.12 bits per heavy atom. The molecule has 1 saturated heterocycles. The van der Waals surface area contributed by atoms with E-state index in [2.05, 4.69) is 36.0 Å². The van der Waals surface area contributed by atoms with Crippen molar-refractivity contribution in [3.8, 4) is 17.1 Å². The number of fused-ring (bicyclic) bond motifs is 1. The number of para-hydroxylation sites is 1. The summed E-state index contributed by atoms with van der Waals surface area (Å²) in [5.74, 6) is 2.60. The average molecular weight is 462 g/mol. The molecule has 0 saturated carbocycles. The van der Waals surface area contributed by atoms with Gasteiger partial charge in [-0.3, -0.25) is 9.80 Å². The Labute approximate surface area is 196 Å². The van der Waals surface area contributed by atoms with Crippen molar-refractivity contribution in [1.29, 1.82) is 0 Å². The van der Waals surface area contributed by atoms with Gasteiger partial charge in [-0.05, 0) is 18.6 Å². The predicted octanol–water partition coefficient (Wildman–Crippen LogP) is 2.77. The molecule has 1 aliphatic heterocycles. The molecule has 0 spiro atoms. The molecule has 34 heavy (non-hydrogen) atoms. The number of nitrogens with zero attached hydrogens (tertiary/aromatic N) is 6. The molecule has 10 heteroatoms. The number of H-pyrrole nitrogens is 1. The van der Waals surface area contributed by atoms with Crippen LogP contribution in [0.3, 0.4) is 0 Å². The molecule has 4 aromatic rings. The third-order valence-corrected chi connectivity index (χ3v) is 6.19. The summed E-state index contributed by atoms with van der Waals surface area (Å²) in [4.78, 5) is 33.0. The second-order valence-electron chi connectivity index (χ2n) is 8.39. The van der Waals surface area contributed by atoms with Crippen LogP contribution in [0, 0.1) is 6.92 Å². The van der Waals surface area contributed by atoms with Gasteiger partial charge in [0.1, 0.15) is 12.1 Å². The van der Waals surface area contributed by atoms with Crippen LogP contribution in [0.4, 0.5) is 0 Å². The molecule has 10 nitrogen and oxygen atoms in total. The summed E-state index contributed by atoms with van der Waals surface area (Å²) in [7, 11) is 1.62. The number of pyridine rings is 1. The van der Waals surface area contributed by atoms with Gasteiger partial charge in [-0.1, -0.05) is 23.4 Å². The minimum atomic E-state index is -0.0182. The topological polar surface area (TPSA) is 113 Å². The van der Waals surface area contributed by atoms with Crippen LogP contribution in [-0.2, 0) is 11.3 Å². The molecule has 1 unspecified atom stereocenters. The van der Waals surface area contributed by atoms with E-state index in [-0.39, 0.29) is 6.04 Å². The van der Waals surface area contributed by atoms with Gasteiger partial charge in [-0.2, -0.15) is 4.98 Å². The number of carbonyl (C=O) groups is 1. The van der Waals surface area contributed by atoms with Crippen molar-refractivity contribution in [3.05, 3.63) is 54.1 Å². The summed E-state index contributed by atoms with van der Waals surface area (Å²) in [5.41, 5.74) is 2.56. The van der Waals surface area contributed by atoms with Gasteiger partial charge in [-0.25, -0.2) is 9.97 Å². The first-order chi connectivity index (χ1) is 16.6. The third-order valence-electron chi connectivity index (χ3n) is 6.19. The minimum absolute atomic E-state index is 0.0182. The highest BCUT2D eigenvalue weighted by atomic mass is 16.5. The van der Waals surface area contributed by atoms with Crippen LogP contribution in [0.25, 0.3) is 22.2 Å². The molecule has 0 radical (unpaired) electrons. The highest BCUT2D eigenvalue weighted by molar-refractivity contribution is 5.85. The van der Waals surface area contributed by atoms with Gasteiger partial charge in [0.15, 0.2) is 5.82 Å². The number of nitrogens with one attached hydrogen (secondary N) is 1. The lowest BCUT2D eigenvalue weighted by Crippen LogP contribution is -2.33. The molecule has 4 heterocycles. The van der Waals surface area contributed by atoms with Gasteiger partial charge in [0.25, 0.3) is 0 Å². The molecule has 1 aromatic carbocycles. The van der Waals surface area contributed by atoms with E-state index in [1.54, 1.807) is 14.0 Å². The molecular formula is C24H27N7O3. The highest BCUT2D eigenvalue weighted by Gasteiger charge is 2.28. The van der Waals surface area contributed by atoms with E-state index in [9.17, 15) is 4.79 Å². The fourth-order valence-electron chi connectivity index (χ4n) is 4.50. The van der Waals surface area contributed by atoms with Crippen molar-refractivity contribution in [2.45, 2.75) is 25.9 Å². The lowest BCUT2D eigenvalue weighted by Gasteiger charge is -2.25. The van der Waals surface area contributed by atoms with E-state index in [1.807, 2.05) is 30.5 Å². The smallest absolute Gasteiger partial charge is 0.223 e. The van der Waals surface area contributed by atoms with E-state index in [0.29, 0.717) is 30.7 Å². The number of carbonyl (C=O) groups excluding carboxylic acids is 1. The maximum absolute atomic E-state index is 11.4. The van der Waals surface area contributed by atoms with Gasteiger partial charge in [0, 0.05) is 31.9 Å². The summed E-state index contributed by atoms with van der Waals surface area (Å²) in [5, 5.41) is 5.04. The Balaban J connectivity index is 1.40. The zero-order chi connectivity index (χ0) is 23.5. The first kappa shape index (κ1) is 22.2. The number of aromatic amines is 1. The van der Waals surface area contributed by atoms with Gasteiger partial charge in [0.2, 0.25) is 11.8 Å². The van der Waals surface area contributed by atoms with Crippen LogP contribution in [-0.4, -0.2) is 74.5 Å².